The number of hydrogen-bond donors (Lipinski definition) is 2. The van der Waals surface area contributed by atoms with Gasteiger partial charge in [-0.15, -0.1) is 0 Å². The zero-order valence-corrected chi connectivity index (χ0v) is 18.3. The molecule has 4 rings (SSSR count). The molecule has 0 bridgehead atoms. The van der Waals surface area contributed by atoms with Crippen molar-refractivity contribution in [3.05, 3.63) is 48.0 Å². The van der Waals surface area contributed by atoms with E-state index in [1.807, 2.05) is 0 Å². The number of aliphatic hydroxyl groups is 1. The second kappa shape index (κ2) is 8.63. The van der Waals surface area contributed by atoms with Crippen molar-refractivity contribution in [1.29, 1.82) is 0 Å². The molecular formula is C23H30N6O2. The summed E-state index contributed by atoms with van der Waals surface area (Å²) in [6.07, 6.45) is 5.33. The van der Waals surface area contributed by atoms with Crippen LogP contribution in [0.4, 0.5) is 12.0 Å². The molecule has 31 heavy (non-hydrogen) atoms. The van der Waals surface area contributed by atoms with Gasteiger partial charge in [-0.05, 0) is 42.7 Å². The van der Waals surface area contributed by atoms with Crippen LogP contribution in [0.25, 0.3) is 11.1 Å². The predicted octanol–water partition coefficient (Wildman–Crippen LogP) is 3.28. The molecule has 1 atom stereocenters. The highest BCUT2D eigenvalue weighted by Crippen LogP contribution is 2.39. The Kier molecular flexibility index (Phi) is 5.91. The molecule has 1 aliphatic heterocycles. The van der Waals surface area contributed by atoms with Gasteiger partial charge in [0.2, 0.25) is 5.95 Å². The van der Waals surface area contributed by atoms with Gasteiger partial charge in [0.1, 0.15) is 0 Å². The van der Waals surface area contributed by atoms with E-state index in [9.17, 15) is 5.11 Å². The fourth-order valence-corrected chi connectivity index (χ4v) is 4.08. The lowest BCUT2D eigenvalue weighted by Crippen LogP contribution is -2.35. The summed E-state index contributed by atoms with van der Waals surface area (Å²) < 4.78 is 5.67. The fourth-order valence-electron chi connectivity index (χ4n) is 4.08. The summed E-state index contributed by atoms with van der Waals surface area (Å²) in [6, 6.07) is 8.90. The van der Waals surface area contributed by atoms with E-state index in [1.165, 1.54) is 0 Å². The number of nitrogens with zero attached hydrogens (tertiary/aromatic N) is 5. The smallest absolute Gasteiger partial charge is 0.324 e. The third-order valence-corrected chi connectivity index (χ3v) is 6.67. The van der Waals surface area contributed by atoms with Crippen LogP contribution in [-0.2, 0) is 5.41 Å². The zero-order chi connectivity index (χ0) is 22.0. The Labute approximate surface area is 182 Å². The van der Waals surface area contributed by atoms with E-state index in [2.05, 4.69) is 65.1 Å². The highest BCUT2D eigenvalue weighted by atomic mass is 16.5. The Bertz CT molecular complexity index is 994. The second-order valence-electron chi connectivity index (χ2n) is 8.78. The lowest BCUT2D eigenvalue weighted by atomic mass is 9.72. The lowest BCUT2D eigenvalue weighted by Gasteiger charge is -2.31. The average Bonchev–Trinajstić information content (AvgIpc) is 3.30. The standard InChI is InChI=1S/C23H30N6O2/c1-15(2)23(3,19-6-4-17(5-7-19)18-12-25-21(24)26-13-18)20-27-22(31-28-20)29-10-8-16(14-30)9-11-29/h4-7,12-13,15-16,30H,8-11,14H2,1-3H3,(H2,24,25,26). The number of aromatic nitrogens is 4. The molecule has 1 saturated heterocycles. The van der Waals surface area contributed by atoms with Crippen LogP contribution in [0.5, 0.6) is 0 Å². The summed E-state index contributed by atoms with van der Waals surface area (Å²) >= 11 is 0. The van der Waals surface area contributed by atoms with E-state index in [0.717, 1.165) is 42.6 Å². The number of nitrogen functional groups attached to an aromatic ring is 1. The molecule has 0 saturated carbocycles. The van der Waals surface area contributed by atoms with E-state index in [0.29, 0.717) is 17.8 Å². The van der Waals surface area contributed by atoms with Crippen LogP contribution in [0.1, 0.15) is 45.0 Å². The molecule has 1 aromatic carbocycles. The van der Waals surface area contributed by atoms with Crippen LogP contribution in [0.3, 0.4) is 0 Å². The Morgan fingerprint density at radius 1 is 1.13 bits per heavy atom. The van der Waals surface area contributed by atoms with E-state index in [4.69, 9.17) is 15.2 Å². The monoisotopic (exact) mass is 422 g/mol. The minimum Gasteiger partial charge on any atom is -0.396 e. The molecule has 0 spiro atoms. The van der Waals surface area contributed by atoms with Gasteiger partial charge in [0, 0.05) is 37.7 Å². The van der Waals surface area contributed by atoms with Crippen LogP contribution in [-0.4, -0.2) is 44.9 Å². The van der Waals surface area contributed by atoms with Crippen molar-refractivity contribution < 1.29 is 9.63 Å². The van der Waals surface area contributed by atoms with Crippen molar-refractivity contribution in [2.24, 2.45) is 11.8 Å². The number of benzene rings is 1. The molecule has 1 aliphatic rings. The van der Waals surface area contributed by atoms with Crippen molar-refractivity contribution in [3.8, 4) is 11.1 Å². The summed E-state index contributed by atoms with van der Waals surface area (Å²) in [4.78, 5) is 15.1. The lowest BCUT2D eigenvalue weighted by molar-refractivity contribution is 0.200. The van der Waals surface area contributed by atoms with E-state index < -0.39 is 5.41 Å². The van der Waals surface area contributed by atoms with Crippen LogP contribution in [0.15, 0.2) is 41.2 Å². The number of anilines is 2. The number of nitrogens with two attached hydrogens (primary N) is 1. The molecule has 3 aromatic rings. The molecule has 1 fully saturated rings. The number of piperidine rings is 1. The fraction of sp³-hybridized carbons (Fsp3) is 0.478. The van der Waals surface area contributed by atoms with E-state index in [1.54, 1.807) is 12.4 Å². The van der Waals surface area contributed by atoms with Crippen LogP contribution in [0, 0.1) is 11.8 Å². The third kappa shape index (κ3) is 4.12. The zero-order valence-electron chi connectivity index (χ0n) is 18.3. The summed E-state index contributed by atoms with van der Waals surface area (Å²) in [5, 5.41) is 13.7. The Hall–Kier alpha value is -3.00. The Balaban J connectivity index is 1.59. The topological polar surface area (TPSA) is 114 Å². The van der Waals surface area contributed by atoms with Crippen molar-refractivity contribution in [2.45, 2.75) is 39.0 Å². The molecule has 3 N–H and O–H groups in total. The summed E-state index contributed by atoms with van der Waals surface area (Å²) in [5.74, 6) is 1.57. The molecule has 164 valence electrons. The van der Waals surface area contributed by atoms with Gasteiger partial charge in [-0.2, -0.15) is 4.98 Å². The SMILES string of the molecule is CC(C)C(C)(c1ccc(-c2cnc(N)nc2)cc1)c1noc(N2CCC(CO)CC2)n1. The first-order chi connectivity index (χ1) is 14.9. The van der Waals surface area contributed by atoms with Gasteiger partial charge in [0.05, 0.1) is 5.41 Å². The van der Waals surface area contributed by atoms with Crippen molar-refractivity contribution >= 4 is 12.0 Å². The van der Waals surface area contributed by atoms with E-state index >= 15 is 0 Å². The summed E-state index contributed by atoms with van der Waals surface area (Å²) in [5.41, 5.74) is 8.25. The Morgan fingerprint density at radius 3 is 2.35 bits per heavy atom. The van der Waals surface area contributed by atoms with E-state index in [-0.39, 0.29) is 18.5 Å². The average molecular weight is 423 g/mol. The van der Waals surface area contributed by atoms with Crippen molar-refractivity contribution in [1.82, 2.24) is 20.1 Å². The largest absolute Gasteiger partial charge is 0.396 e. The maximum atomic E-state index is 9.37. The summed E-state index contributed by atoms with van der Waals surface area (Å²) in [7, 11) is 0. The number of rotatable bonds is 6. The first-order valence-corrected chi connectivity index (χ1v) is 10.8. The van der Waals surface area contributed by atoms with Gasteiger partial charge in [-0.3, -0.25) is 0 Å². The first kappa shape index (κ1) is 21.2. The third-order valence-electron chi connectivity index (χ3n) is 6.67. The van der Waals surface area contributed by atoms with Gasteiger partial charge in [0.25, 0.3) is 0 Å². The molecule has 1 unspecified atom stereocenters. The van der Waals surface area contributed by atoms with Crippen molar-refractivity contribution in [2.75, 3.05) is 30.3 Å². The van der Waals surface area contributed by atoms with Gasteiger partial charge in [-0.1, -0.05) is 43.3 Å². The highest BCUT2D eigenvalue weighted by molar-refractivity contribution is 5.62. The maximum absolute atomic E-state index is 9.37. The Morgan fingerprint density at radius 2 is 1.77 bits per heavy atom. The summed E-state index contributed by atoms with van der Waals surface area (Å²) in [6.45, 7) is 8.39. The van der Waals surface area contributed by atoms with Gasteiger partial charge in [0.15, 0.2) is 5.82 Å². The van der Waals surface area contributed by atoms with Crippen LogP contribution >= 0.6 is 0 Å². The first-order valence-electron chi connectivity index (χ1n) is 10.8. The van der Waals surface area contributed by atoms with Gasteiger partial charge < -0.3 is 20.3 Å². The molecule has 0 radical (unpaired) electrons. The quantitative estimate of drug-likeness (QED) is 0.622. The minimum atomic E-state index is -0.401. The molecule has 8 nitrogen and oxygen atoms in total. The van der Waals surface area contributed by atoms with Gasteiger partial charge in [-0.25, -0.2) is 9.97 Å². The van der Waals surface area contributed by atoms with Crippen LogP contribution < -0.4 is 10.6 Å². The van der Waals surface area contributed by atoms with Crippen LogP contribution in [0.2, 0.25) is 0 Å². The van der Waals surface area contributed by atoms with Crippen molar-refractivity contribution in [3.63, 3.8) is 0 Å². The molecule has 0 aliphatic carbocycles. The molecular weight excluding hydrogens is 392 g/mol. The molecule has 2 aromatic heterocycles. The minimum absolute atomic E-state index is 0.243. The predicted molar refractivity (Wildman–Crippen MR) is 119 cm³/mol. The highest BCUT2D eigenvalue weighted by Gasteiger charge is 2.38. The number of aliphatic hydroxyl groups excluding tert-OH is 1. The molecule has 8 heteroatoms. The molecule has 0 amide bonds. The number of hydrogen-bond acceptors (Lipinski definition) is 8. The van der Waals surface area contributed by atoms with Gasteiger partial charge >= 0.3 is 6.01 Å². The maximum Gasteiger partial charge on any atom is 0.324 e. The normalized spacial score (nSPS) is 17.1. The second-order valence-corrected chi connectivity index (χ2v) is 8.78. The molecule has 3 heterocycles.